The summed E-state index contributed by atoms with van der Waals surface area (Å²) in [6.07, 6.45) is -1.02. The van der Waals surface area contributed by atoms with Crippen LogP contribution in [0.5, 0.6) is 11.5 Å². The highest BCUT2D eigenvalue weighted by atomic mass is 16.7. The molecule has 0 radical (unpaired) electrons. The van der Waals surface area contributed by atoms with Gasteiger partial charge >= 0.3 is 11.9 Å². The first-order chi connectivity index (χ1) is 13.0. The van der Waals surface area contributed by atoms with Crippen molar-refractivity contribution in [2.75, 3.05) is 19.2 Å². The van der Waals surface area contributed by atoms with E-state index in [1.165, 1.54) is 38.3 Å². The molecule has 0 unspecified atom stereocenters. The summed E-state index contributed by atoms with van der Waals surface area (Å²) in [6, 6.07) is 10.7. The fourth-order valence-electron chi connectivity index (χ4n) is 2.36. The van der Waals surface area contributed by atoms with Crippen molar-refractivity contribution >= 4 is 23.5 Å². The van der Waals surface area contributed by atoms with Crippen LogP contribution < -0.4 is 14.8 Å². The van der Waals surface area contributed by atoms with Crippen molar-refractivity contribution in [1.29, 1.82) is 0 Å². The molecule has 140 valence electrons. The number of anilines is 1. The minimum Gasteiger partial charge on any atom is -0.465 e. The first-order valence-electron chi connectivity index (χ1n) is 8.08. The minimum atomic E-state index is -1.02. The largest absolute Gasteiger partial charge is 0.465 e. The van der Waals surface area contributed by atoms with Gasteiger partial charge in [-0.25, -0.2) is 9.59 Å². The third kappa shape index (κ3) is 4.17. The van der Waals surface area contributed by atoms with Crippen molar-refractivity contribution in [3.8, 4) is 11.5 Å². The number of rotatable bonds is 5. The van der Waals surface area contributed by atoms with E-state index in [1.807, 2.05) is 0 Å². The van der Waals surface area contributed by atoms with Crippen LogP contribution in [0.4, 0.5) is 5.69 Å². The number of carbonyl (C=O) groups excluding carboxylic acids is 3. The molecule has 8 heteroatoms. The summed E-state index contributed by atoms with van der Waals surface area (Å²) in [4.78, 5) is 35.8. The second kappa shape index (κ2) is 7.77. The van der Waals surface area contributed by atoms with Gasteiger partial charge in [0.2, 0.25) is 6.79 Å². The maximum absolute atomic E-state index is 12.2. The van der Waals surface area contributed by atoms with Crippen LogP contribution in [0.25, 0.3) is 0 Å². The van der Waals surface area contributed by atoms with Crippen molar-refractivity contribution < 1.29 is 33.3 Å². The topological polar surface area (TPSA) is 100 Å². The van der Waals surface area contributed by atoms with Crippen LogP contribution in [0, 0.1) is 0 Å². The Balaban J connectivity index is 1.59. The standard InChI is InChI=1S/C19H17NO7/c1-11(17(21)20-14-7-8-15-16(9-14)26-10-25-15)27-19(23)13-5-3-12(4-6-13)18(22)24-2/h3-9,11H,10H2,1-2H3,(H,20,21)/t11-/m0/s1. The van der Waals surface area contributed by atoms with E-state index in [1.54, 1.807) is 18.2 Å². The van der Waals surface area contributed by atoms with Gasteiger partial charge in [-0.3, -0.25) is 4.79 Å². The van der Waals surface area contributed by atoms with E-state index < -0.39 is 23.9 Å². The number of methoxy groups -OCH3 is 1. The number of hydrogen-bond donors (Lipinski definition) is 1. The van der Waals surface area contributed by atoms with Crippen molar-refractivity contribution in [3.63, 3.8) is 0 Å². The van der Waals surface area contributed by atoms with Crippen molar-refractivity contribution in [3.05, 3.63) is 53.6 Å². The van der Waals surface area contributed by atoms with Gasteiger partial charge in [0.25, 0.3) is 5.91 Å². The van der Waals surface area contributed by atoms with Crippen LogP contribution in [-0.2, 0) is 14.3 Å². The highest BCUT2D eigenvalue weighted by Crippen LogP contribution is 2.34. The molecule has 0 aromatic heterocycles. The summed E-state index contributed by atoms with van der Waals surface area (Å²) in [6.45, 7) is 1.60. The van der Waals surface area contributed by atoms with Crippen LogP contribution in [0.2, 0.25) is 0 Å². The summed E-state index contributed by atoms with van der Waals surface area (Å²) in [7, 11) is 1.27. The Labute approximate surface area is 155 Å². The van der Waals surface area contributed by atoms with Crippen LogP contribution in [0.15, 0.2) is 42.5 Å². The van der Waals surface area contributed by atoms with Crippen LogP contribution in [0.1, 0.15) is 27.6 Å². The van der Waals surface area contributed by atoms with Crippen molar-refractivity contribution in [1.82, 2.24) is 0 Å². The lowest BCUT2D eigenvalue weighted by Crippen LogP contribution is -2.30. The number of benzene rings is 2. The Morgan fingerprint density at radius 2 is 1.59 bits per heavy atom. The molecule has 1 aliphatic rings. The zero-order valence-corrected chi connectivity index (χ0v) is 14.7. The van der Waals surface area contributed by atoms with E-state index in [9.17, 15) is 14.4 Å². The Bertz CT molecular complexity index is 876. The van der Waals surface area contributed by atoms with Gasteiger partial charge in [0, 0.05) is 11.8 Å². The third-order valence-electron chi connectivity index (χ3n) is 3.83. The predicted octanol–water partition coefficient (Wildman–Crippen LogP) is 2.39. The normalized spacial score (nSPS) is 12.8. The number of ether oxygens (including phenoxy) is 4. The van der Waals surface area contributed by atoms with Gasteiger partial charge in [-0.15, -0.1) is 0 Å². The molecule has 3 rings (SSSR count). The molecule has 1 N–H and O–H groups in total. The molecule has 0 saturated heterocycles. The van der Waals surface area contributed by atoms with Gasteiger partial charge < -0.3 is 24.3 Å². The summed E-state index contributed by atoms with van der Waals surface area (Å²) in [5.74, 6) is -0.550. The lowest BCUT2D eigenvalue weighted by Gasteiger charge is -2.14. The zero-order chi connectivity index (χ0) is 19.4. The molecule has 1 atom stereocenters. The Morgan fingerprint density at radius 3 is 2.26 bits per heavy atom. The second-order valence-corrected chi connectivity index (χ2v) is 5.67. The number of esters is 2. The van der Waals surface area contributed by atoms with Crippen molar-refractivity contribution in [2.45, 2.75) is 13.0 Å². The smallest absolute Gasteiger partial charge is 0.338 e. The SMILES string of the molecule is COC(=O)c1ccc(C(=O)O[C@@H](C)C(=O)Nc2ccc3c(c2)OCO3)cc1. The average molecular weight is 371 g/mol. The lowest BCUT2D eigenvalue weighted by atomic mass is 10.1. The lowest BCUT2D eigenvalue weighted by molar-refractivity contribution is -0.123. The zero-order valence-electron chi connectivity index (χ0n) is 14.7. The molecule has 8 nitrogen and oxygen atoms in total. The van der Waals surface area contributed by atoms with Gasteiger partial charge in [-0.05, 0) is 43.3 Å². The fourth-order valence-corrected chi connectivity index (χ4v) is 2.36. The molecule has 2 aromatic carbocycles. The molecular weight excluding hydrogens is 354 g/mol. The first-order valence-corrected chi connectivity index (χ1v) is 8.08. The third-order valence-corrected chi connectivity index (χ3v) is 3.83. The fraction of sp³-hybridized carbons (Fsp3) is 0.211. The minimum absolute atomic E-state index is 0.134. The number of amides is 1. The molecule has 0 bridgehead atoms. The summed E-state index contributed by atoms with van der Waals surface area (Å²) in [5.41, 5.74) is 1.02. The molecule has 0 fully saturated rings. The summed E-state index contributed by atoms with van der Waals surface area (Å²) in [5, 5.41) is 2.65. The predicted molar refractivity (Wildman–Crippen MR) is 93.9 cm³/mol. The first kappa shape index (κ1) is 18.2. The molecule has 27 heavy (non-hydrogen) atoms. The molecular formula is C19H17NO7. The van der Waals surface area contributed by atoms with Crippen molar-refractivity contribution in [2.24, 2.45) is 0 Å². The number of hydrogen-bond acceptors (Lipinski definition) is 7. The quantitative estimate of drug-likeness (QED) is 0.806. The van der Waals surface area contributed by atoms with Crippen LogP contribution in [-0.4, -0.2) is 37.9 Å². The number of nitrogens with one attached hydrogen (secondary N) is 1. The van der Waals surface area contributed by atoms with E-state index >= 15 is 0 Å². The Morgan fingerprint density at radius 1 is 0.963 bits per heavy atom. The second-order valence-electron chi connectivity index (χ2n) is 5.67. The highest BCUT2D eigenvalue weighted by molar-refractivity contribution is 5.98. The summed E-state index contributed by atoms with van der Waals surface area (Å²) >= 11 is 0. The molecule has 2 aromatic rings. The molecule has 1 heterocycles. The average Bonchev–Trinajstić information content (AvgIpc) is 3.15. The van der Waals surface area contributed by atoms with Gasteiger partial charge in [-0.1, -0.05) is 0 Å². The van der Waals surface area contributed by atoms with E-state index in [-0.39, 0.29) is 12.4 Å². The monoisotopic (exact) mass is 371 g/mol. The van der Waals surface area contributed by atoms with Gasteiger partial charge in [-0.2, -0.15) is 0 Å². The molecule has 0 spiro atoms. The van der Waals surface area contributed by atoms with Gasteiger partial charge in [0.15, 0.2) is 17.6 Å². The van der Waals surface area contributed by atoms with E-state index in [4.69, 9.17) is 14.2 Å². The van der Waals surface area contributed by atoms with E-state index in [0.717, 1.165) is 0 Å². The Hall–Kier alpha value is -3.55. The number of fused-ring (bicyclic) bond motifs is 1. The van der Waals surface area contributed by atoms with Gasteiger partial charge in [0.1, 0.15) is 0 Å². The molecule has 1 aliphatic heterocycles. The maximum atomic E-state index is 12.2. The summed E-state index contributed by atoms with van der Waals surface area (Å²) < 4.78 is 20.2. The van der Waals surface area contributed by atoms with Crippen LogP contribution in [0.3, 0.4) is 0 Å². The maximum Gasteiger partial charge on any atom is 0.338 e. The molecule has 0 aliphatic carbocycles. The van der Waals surface area contributed by atoms with E-state index in [2.05, 4.69) is 10.1 Å². The number of carbonyl (C=O) groups is 3. The van der Waals surface area contributed by atoms with Crippen LogP contribution >= 0.6 is 0 Å². The van der Waals surface area contributed by atoms with Gasteiger partial charge in [0.05, 0.1) is 18.2 Å². The Kier molecular flexibility index (Phi) is 5.25. The van der Waals surface area contributed by atoms with E-state index in [0.29, 0.717) is 22.7 Å². The highest BCUT2D eigenvalue weighted by Gasteiger charge is 2.21. The molecule has 1 amide bonds. The molecule has 0 saturated carbocycles.